The minimum atomic E-state index is -0.682. The van der Waals surface area contributed by atoms with Crippen LogP contribution in [0.4, 0.5) is 0 Å². The molecule has 0 saturated heterocycles. The zero-order valence-electron chi connectivity index (χ0n) is 4.06. The normalized spacial score (nSPS) is 15.3. The highest BCUT2D eigenvalue weighted by atomic mass is 79.9. The molecule has 0 aromatic rings. The Bertz CT molecular complexity index is 62.7. The first-order valence-corrected chi connectivity index (χ1v) is 4.47. The van der Waals surface area contributed by atoms with Crippen molar-refractivity contribution in [2.24, 2.45) is 0 Å². The van der Waals surface area contributed by atoms with E-state index in [1.54, 1.807) is 11.2 Å². The lowest BCUT2D eigenvalue weighted by atomic mass is 10.8. The summed E-state index contributed by atoms with van der Waals surface area (Å²) in [5.74, 6) is 0.644. The molecule has 0 aromatic carbocycles. The van der Waals surface area contributed by atoms with Crippen molar-refractivity contribution in [1.29, 1.82) is 0 Å². The first-order chi connectivity index (χ1) is 3.27. The van der Waals surface area contributed by atoms with Gasteiger partial charge >= 0.3 is 0 Å². The van der Waals surface area contributed by atoms with Crippen molar-refractivity contribution in [3.05, 3.63) is 11.1 Å². The van der Waals surface area contributed by atoms with Crippen LogP contribution in [0.5, 0.6) is 0 Å². The first kappa shape index (κ1) is 7.53. The van der Waals surface area contributed by atoms with E-state index in [1.165, 1.54) is 0 Å². The number of rotatable bonds is 2. The Labute approximate surface area is 55.1 Å². The monoisotopic (exact) mass is 182 g/mol. The van der Waals surface area contributed by atoms with E-state index in [0.29, 0.717) is 5.75 Å². The number of halogens is 1. The molecule has 42 valence electrons. The highest BCUT2D eigenvalue weighted by Crippen LogP contribution is 1.87. The van der Waals surface area contributed by atoms with E-state index in [9.17, 15) is 4.55 Å². The van der Waals surface area contributed by atoms with Crippen LogP contribution < -0.4 is 0 Å². The fourth-order valence-corrected chi connectivity index (χ4v) is 0.973. The van der Waals surface area contributed by atoms with E-state index >= 15 is 0 Å². The third-order valence-electron chi connectivity index (χ3n) is 0.420. The van der Waals surface area contributed by atoms with Gasteiger partial charge in [-0.1, -0.05) is 27.1 Å². The van der Waals surface area contributed by atoms with Gasteiger partial charge in [-0.2, -0.15) is 0 Å². The van der Waals surface area contributed by atoms with Gasteiger partial charge in [-0.3, -0.25) is 0 Å². The highest BCUT2D eigenvalue weighted by molar-refractivity contribution is 9.11. The molecule has 0 saturated carbocycles. The van der Waals surface area contributed by atoms with Gasteiger partial charge in [-0.05, 0) is 11.1 Å². The van der Waals surface area contributed by atoms with Gasteiger partial charge in [0.1, 0.15) is 5.75 Å². The molecule has 0 amide bonds. The molecule has 0 rings (SSSR count). The quantitative estimate of drug-likeness (QED) is 0.591. The second-order valence-electron chi connectivity index (χ2n) is 1.10. The largest absolute Gasteiger partial charge is 0.616 e. The Balaban J connectivity index is 2.97. The minimum absolute atomic E-state index is 0.644. The summed E-state index contributed by atoms with van der Waals surface area (Å²) in [5, 5.41) is 0. The third-order valence-corrected chi connectivity index (χ3v) is 1.46. The van der Waals surface area contributed by atoms with Gasteiger partial charge in [0.2, 0.25) is 0 Å². The van der Waals surface area contributed by atoms with E-state index < -0.39 is 11.2 Å². The molecule has 3 heteroatoms. The van der Waals surface area contributed by atoms with Crippen molar-refractivity contribution in [3.8, 4) is 0 Å². The van der Waals surface area contributed by atoms with Crippen LogP contribution >= 0.6 is 15.9 Å². The van der Waals surface area contributed by atoms with Crippen molar-refractivity contribution in [3.63, 3.8) is 0 Å². The Kier molecular flexibility index (Phi) is 5.04. The lowest BCUT2D eigenvalue weighted by Crippen LogP contribution is -1.98. The van der Waals surface area contributed by atoms with Crippen molar-refractivity contribution in [2.45, 2.75) is 0 Å². The van der Waals surface area contributed by atoms with Gasteiger partial charge < -0.3 is 4.55 Å². The molecule has 0 N–H and O–H groups in total. The molecule has 0 spiro atoms. The van der Waals surface area contributed by atoms with Crippen molar-refractivity contribution >= 4 is 27.1 Å². The molecule has 0 aromatic heterocycles. The summed E-state index contributed by atoms with van der Waals surface area (Å²) in [6, 6.07) is 0. The van der Waals surface area contributed by atoms with Crippen molar-refractivity contribution in [2.75, 3.05) is 12.0 Å². The summed E-state index contributed by atoms with van der Waals surface area (Å²) >= 11 is 2.38. The summed E-state index contributed by atoms with van der Waals surface area (Å²) in [6.07, 6.45) is 3.49. The summed E-state index contributed by atoms with van der Waals surface area (Å²) < 4.78 is 10.2. The molecule has 1 atom stereocenters. The summed E-state index contributed by atoms with van der Waals surface area (Å²) in [4.78, 5) is 1.72. The molecule has 0 heterocycles. The molecule has 0 fully saturated rings. The molecular formula is C4H7BrOS. The Morgan fingerprint density at radius 3 is 2.57 bits per heavy atom. The Morgan fingerprint density at radius 2 is 2.43 bits per heavy atom. The summed E-state index contributed by atoms with van der Waals surface area (Å²) in [6.45, 7) is 0. The van der Waals surface area contributed by atoms with Gasteiger partial charge in [-0.25, -0.2) is 0 Å². The topological polar surface area (TPSA) is 23.1 Å². The van der Waals surface area contributed by atoms with Gasteiger partial charge in [0.15, 0.2) is 0 Å². The highest BCUT2D eigenvalue weighted by Gasteiger charge is 1.86. The second-order valence-corrected chi connectivity index (χ2v) is 3.11. The fraction of sp³-hybridized carbons (Fsp3) is 0.500. The average molecular weight is 183 g/mol. The standard InChI is InChI=1S/C4H7BrOS/c1-7(6)4-2-3-5/h2-3H,4H2,1H3/b3-2+. The molecule has 1 nitrogen and oxygen atoms in total. The predicted octanol–water partition coefficient (Wildman–Crippen LogP) is 1.27. The van der Waals surface area contributed by atoms with Gasteiger partial charge in [-0.15, -0.1) is 0 Å². The molecule has 0 aliphatic carbocycles. The molecule has 1 unspecified atom stereocenters. The number of hydrogen-bond donors (Lipinski definition) is 0. The molecule has 7 heavy (non-hydrogen) atoms. The van der Waals surface area contributed by atoms with E-state index in [4.69, 9.17) is 0 Å². The fourth-order valence-electron chi connectivity index (χ4n) is 0.172. The van der Waals surface area contributed by atoms with Gasteiger partial charge in [0.05, 0.1) is 6.26 Å². The van der Waals surface area contributed by atoms with Crippen LogP contribution in [0, 0.1) is 0 Å². The van der Waals surface area contributed by atoms with Crippen LogP contribution in [0.25, 0.3) is 0 Å². The first-order valence-electron chi connectivity index (χ1n) is 1.82. The maximum absolute atomic E-state index is 10.2. The van der Waals surface area contributed by atoms with Crippen molar-refractivity contribution in [1.82, 2.24) is 0 Å². The summed E-state index contributed by atoms with van der Waals surface area (Å²) in [7, 11) is 0. The molecule has 0 radical (unpaired) electrons. The van der Waals surface area contributed by atoms with Crippen LogP contribution in [0.3, 0.4) is 0 Å². The van der Waals surface area contributed by atoms with Crippen LogP contribution in [-0.2, 0) is 11.2 Å². The van der Waals surface area contributed by atoms with Crippen LogP contribution in [-0.4, -0.2) is 16.6 Å². The van der Waals surface area contributed by atoms with Gasteiger partial charge in [0.25, 0.3) is 0 Å². The molecule has 0 bridgehead atoms. The third kappa shape index (κ3) is 6.53. The average Bonchev–Trinajstić information content (AvgIpc) is 1.61. The molecule has 0 aliphatic rings. The smallest absolute Gasteiger partial charge is 0.124 e. The molecule has 0 aliphatic heterocycles. The second kappa shape index (κ2) is 4.68. The Morgan fingerprint density at radius 1 is 1.86 bits per heavy atom. The van der Waals surface area contributed by atoms with Crippen LogP contribution in [0.1, 0.15) is 0 Å². The lowest BCUT2D eigenvalue weighted by molar-refractivity contribution is 0.603. The zero-order valence-corrected chi connectivity index (χ0v) is 6.46. The van der Waals surface area contributed by atoms with E-state index in [1.807, 2.05) is 6.08 Å². The predicted molar refractivity (Wildman–Crippen MR) is 37.0 cm³/mol. The van der Waals surface area contributed by atoms with Gasteiger partial charge in [0, 0.05) is 0 Å². The molecular weight excluding hydrogens is 176 g/mol. The maximum Gasteiger partial charge on any atom is 0.124 e. The van der Waals surface area contributed by atoms with E-state index in [0.717, 1.165) is 0 Å². The van der Waals surface area contributed by atoms with E-state index in [-0.39, 0.29) is 0 Å². The zero-order chi connectivity index (χ0) is 5.70. The summed E-state index contributed by atoms with van der Waals surface area (Å²) in [5.41, 5.74) is 0. The van der Waals surface area contributed by atoms with E-state index in [2.05, 4.69) is 15.9 Å². The number of hydrogen-bond acceptors (Lipinski definition) is 1. The SMILES string of the molecule is C[S+]([O-])C/C=C/Br. The minimum Gasteiger partial charge on any atom is -0.616 e. The maximum atomic E-state index is 10.2. The Hall–Kier alpha value is 0.530. The van der Waals surface area contributed by atoms with Crippen LogP contribution in [0.2, 0.25) is 0 Å². The van der Waals surface area contributed by atoms with Crippen LogP contribution in [0.15, 0.2) is 11.1 Å². The lowest BCUT2D eigenvalue weighted by Gasteiger charge is -1.96. The van der Waals surface area contributed by atoms with Crippen molar-refractivity contribution < 1.29 is 4.55 Å².